The molecule has 0 bridgehead atoms. The zero-order valence-corrected chi connectivity index (χ0v) is 13.6. The number of halogens is 2. The SMILES string of the molecule is CN=C(NCC(C)c1ccc(F)cc1F)N1CCC(C)CC1. The van der Waals surface area contributed by atoms with Gasteiger partial charge in [0.25, 0.3) is 0 Å². The fourth-order valence-electron chi connectivity index (χ4n) is 2.81. The van der Waals surface area contributed by atoms with Gasteiger partial charge >= 0.3 is 0 Å². The summed E-state index contributed by atoms with van der Waals surface area (Å²) < 4.78 is 26.8. The van der Waals surface area contributed by atoms with E-state index in [1.807, 2.05) is 6.92 Å². The van der Waals surface area contributed by atoms with Crippen molar-refractivity contribution in [2.75, 3.05) is 26.7 Å². The molecule has 1 fully saturated rings. The van der Waals surface area contributed by atoms with Gasteiger partial charge in [-0.15, -0.1) is 0 Å². The van der Waals surface area contributed by atoms with Crippen LogP contribution in [0.1, 0.15) is 38.2 Å². The van der Waals surface area contributed by atoms with Crippen LogP contribution in [0.4, 0.5) is 8.78 Å². The Morgan fingerprint density at radius 1 is 1.36 bits per heavy atom. The molecule has 0 radical (unpaired) electrons. The predicted octanol–water partition coefficient (Wildman–Crippen LogP) is 3.38. The smallest absolute Gasteiger partial charge is 0.193 e. The molecule has 5 heteroatoms. The maximum atomic E-state index is 13.8. The number of piperidine rings is 1. The summed E-state index contributed by atoms with van der Waals surface area (Å²) in [6.45, 7) is 6.77. The van der Waals surface area contributed by atoms with E-state index in [4.69, 9.17) is 0 Å². The number of benzene rings is 1. The number of nitrogens with one attached hydrogen (secondary N) is 1. The zero-order valence-electron chi connectivity index (χ0n) is 13.6. The molecule has 0 saturated carbocycles. The third-order valence-corrected chi connectivity index (χ3v) is 4.35. The molecule has 22 heavy (non-hydrogen) atoms. The molecule has 3 nitrogen and oxygen atoms in total. The van der Waals surface area contributed by atoms with Gasteiger partial charge in [0.15, 0.2) is 5.96 Å². The number of nitrogens with zero attached hydrogens (tertiary/aromatic N) is 2. The molecule has 1 aromatic carbocycles. The average Bonchev–Trinajstić information content (AvgIpc) is 2.49. The topological polar surface area (TPSA) is 27.6 Å². The molecule has 1 aliphatic rings. The van der Waals surface area contributed by atoms with E-state index in [1.54, 1.807) is 7.05 Å². The van der Waals surface area contributed by atoms with Crippen LogP contribution in [0.25, 0.3) is 0 Å². The molecular formula is C17H25F2N3. The maximum absolute atomic E-state index is 13.8. The van der Waals surface area contributed by atoms with Crippen LogP contribution >= 0.6 is 0 Å². The molecule has 0 aliphatic carbocycles. The molecule has 0 spiro atoms. The molecule has 1 heterocycles. The minimum absolute atomic E-state index is 0.0546. The molecule has 0 aromatic heterocycles. The van der Waals surface area contributed by atoms with Gasteiger partial charge in [-0.1, -0.05) is 19.9 Å². The highest BCUT2D eigenvalue weighted by molar-refractivity contribution is 5.80. The number of guanidine groups is 1. The summed E-state index contributed by atoms with van der Waals surface area (Å²) in [6.07, 6.45) is 2.34. The summed E-state index contributed by atoms with van der Waals surface area (Å²) in [5.74, 6) is 0.541. The second-order valence-corrected chi connectivity index (χ2v) is 6.16. The Morgan fingerprint density at radius 2 is 2.05 bits per heavy atom. The molecular weight excluding hydrogens is 284 g/mol. The third kappa shape index (κ3) is 4.18. The Bertz CT molecular complexity index is 523. The van der Waals surface area contributed by atoms with Crippen molar-refractivity contribution in [1.82, 2.24) is 10.2 Å². The monoisotopic (exact) mass is 309 g/mol. The predicted molar refractivity (Wildman–Crippen MR) is 86.1 cm³/mol. The molecule has 1 N–H and O–H groups in total. The van der Waals surface area contributed by atoms with Gasteiger partial charge in [-0.25, -0.2) is 8.78 Å². The van der Waals surface area contributed by atoms with E-state index in [1.165, 1.54) is 25.0 Å². The van der Waals surface area contributed by atoms with Crippen molar-refractivity contribution in [2.45, 2.75) is 32.6 Å². The molecule has 1 aliphatic heterocycles. The summed E-state index contributed by atoms with van der Waals surface area (Å²) >= 11 is 0. The molecule has 122 valence electrons. The van der Waals surface area contributed by atoms with Crippen molar-refractivity contribution < 1.29 is 8.78 Å². The Labute approximate surface area is 131 Å². The maximum Gasteiger partial charge on any atom is 0.193 e. The summed E-state index contributed by atoms with van der Waals surface area (Å²) in [4.78, 5) is 6.56. The van der Waals surface area contributed by atoms with Crippen molar-refractivity contribution >= 4 is 5.96 Å². The van der Waals surface area contributed by atoms with Crippen molar-refractivity contribution in [3.8, 4) is 0 Å². The Kier molecular flexibility index (Phi) is 5.75. The lowest BCUT2D eigenvalue weighted by molar-refractivity contribution is 0.273. The van der Waals surface area contributed by atoms with Gasteiger partial charge in [-0.3, -0.25) is 4.99 Å². The van der Waals surface area contributed by atoms with Crippen molar-refractivity contribution in [1.29, 1.82) is 0 Å². The van der Waals surface area contributed by atoms with E-state index in [0.29, 0.717) is 12.1 Å². The van der Waals surface area contributed by atoms with E-state index >= 15 is 0 Å². The Morgan fingerprint density at radius 3 is 2.64 bits per heavy atom. The van der Waals surface area contributed by atoms with E-state index in [-0.39, 0.29) is 5.92 Å². The number of aliphatic imine (C=N–C) groups is 1. The van der Waals surface area contributed by atoms with Crippen LogP contribution in [0.3, 0.4) is 0 Å². The van der Waals surface area contributed by atoms with E-state index < -0.39 is 11.6 Å². The highest BCUT2D eigenvalue weighted by Gasteiger charge is 2.19. The van der Waals surface area contributed by atoms with Crippen molar-refractivity contribution in [2.24, 2.45) is 10.9 Å². The highest BCUT2D eigenvalue weighted by Crippen LogP contribution is 2.20. The largest absolute Gasteiger partial charge is 0.356 e. The molecule has 0 amide bonds. The summed E-state index contributed by atoms with van der Waals surface area (Å²) in [5.41, 5.74) is 0.525. The standard InChI is InChI=1S/C17H25F2N3/c1-12-6-8-22(9-7-12)17(20-3)21-11-13(2)15-5-4-14(18)10-16(15)19/h4-5,10,12-13H,6-9,11H2,1-3H3,(H,20,21). The third-order valence-electron chi connectivity index (χ3n) is 4.35. The van der Waals surface area contributed by atoms with Gasteiger partial charge in [-0.05, 0) is 30.4 Å². The van der Waals surface area contributed by atoms with Crippen LogP contribution in [-0.2, 0) is 0 Å². The second-order valence-electron chi connectivity index (χ2n) is 6.16. The van der Waals surface area contributed by atoms with Crippen molar-refractivity contribution in [3.05, 3.63) is 35.4 Å². The first-order valence-corrected chi connectivity index (χ1v) is 7.91. The van der Waals surface area contributed by atoms with Gasteiger partial charge in [0.2, 0.25) is 0 Å². The van der Waals surface area contributed by atoms with Gasteiger partial charge in [-0.2, -0.15) is 0 Å². The van der Waals surface area contributed by atoms with Gasteiger partial charge in [0.1, 0.15) is 11.6 Å². The molecule has 1 aromatic rings. The lowest BCUT2D eigenvalue weighted by Gasteiger charge is -2.33. The van der Waals surface area contributed by atoms with E-state index in [9.17, 15) is 8.78 Å². The second kappa shape index (κ2) is 7.56. The summed E-state index contributed by atoms with van der Waals surface area (Å²) in [6, 6.07) is 3.75. The van der Waals surface area contributed by atoms with E-state index in [2.05, 4.69) is 22.1 Å². The quantitative estimate of drug-likeness (QED) is 0.685. The minimum atomic E-state index is -0.542. The fraction of sp³-hybridized carbons (Fsp3) is 0.588. The molecule has 1 saturated heterocycles. The Hall–Kier alpha value is -1.65. The number of rotatable bonds is 3. The minimum Gasteiger partial charge on any atom is -0.356 e. The highest BCUT2D eigenvalue weighted by atomic mass is 19.1. The fourth-order valence-corrected chi connectivity index (χ4v) is 2.81. The van der Waals surface area contributed by atoms with Crippen LogP contribution < -0.4 is 5.32 Å². The van der Waals surface area contributed by atoms with Crippen LogP contribution in [0.2, 0.25) is 0 Å². The lowest BCUT2D eigenvalue weighted by Crippen LogP contribution is -2.46. The average molecular weight is 309 g/mol. The summed E-state index contributed by atoms with van der Waals surface area (Å²) in [5, 5.41) is 3.31. The zero-order chi connectivity index (χ0) is 16.1. The number of hydrogen-bond donors (Lipinski definition) is 1. The number of hydrogen-bond acceptors (Lipinski definition) is 1. The first-order valence-electron chi connectivity index (χ1n) is 7.91. The molecule has 1 unspecified atom stereocenters. The van der Waals surface area contributed by atoms with Gasteiger partial charge in [0, 0.05) is 38.7 Å². The van der Waals surface area contributed by atoms with Crippen LogP contribution in [-0.4, -0.2) is 37.5 Å². The van der Waals surface area contributed by atoms with Crippen molar-refractivity contribution in [3.63, 3.8) is 0 Å². The normalized spacial score (nSPS) is 18.4. The first-order chi connectivity index (χ1) is 10.5. The van der Waals surface area contributed by atoms with E-state index in [0.717, 1.165) is 31.0 Å². The van der Waals surface area contributed by atoms with Crippen LogP contribution in [0.5, 0.6) is 0 Å². The first kappa shape index (κ1) is 16.7. The Balaban J connectivity index is 1.92. The van der Waals surface area contributed by atoms with Gasteiger partial charge < -0.3 is 10.2 Å². The van der Waals surface area contributed by atoms with Gasteiger partial charge in [0.05, 0.1) is 0 Å². The summed E-state index contributed by atoms with van der Waals surface area (Å²) in [7, 11) is 1.77. The van der Waals surface area contributed by atoms with Crippen LogP contribution in [0.15, 0.2) is 23.2 Å². The van der Waals surface area contributed by atoms with Crippen LogP contribution in [0, 0.1) is 17.6 Å². The number of likely N-dealkylation sites (tertiary alicyclic amines) is 1. The lowest BCUT2D eigenvalue weighted by atomic mass is 9.99. The molecule has 2 rings (SSSR count). The molecule has 1 atom stereocenters.